The average molecular weight is 293 g/mol. The summed E-state index contributed by atoms with van der Waals surface area (Å²) < 4.78 is 21.1. The number of hydrogen-bond acceptors (Lipinski definition) is 3. The van der Waals surface area contributed by atoms with Gasteiger partial charge in [-0.05, 0) is 32.0 Å². The summed E-state index contributed by atoms with van der Waals surface area (Å²) >= 11 is 4.75. The summed E-state index contributed by atoms with van der Waals surface area (Å²) in [7, 11) is 0. The standard InChI is InChI=1S/C14H16FN3OS/c1-3-18-10(6-9(2)17-18)8-19-11-4-5-12(14(16)20)13(15)7-11/h4-7H,3,8H2,1-2H3,(H2,16,20). The number of nitrogens with two attached hydrogens (primary N) is 1. The van der Waals surface area contributed by atoms with E-state index >= 15 is 0 Å². The van der Waals surface area contributed by atoms with Crippen LogP contribution in [0.2, 0.25) is 0 Å². The van der Waals surface area contributed by atoms with Gasteiger partial charge in [0.05, 0.1) is 11.4 Å². The molecule has 1 aromatic heterocycles. The molecule has 2 rings (SSSR count). The van der Waals surface area contributed by atoms with Gasteiger partial charge in [0.1, 0.15) is 23.2 Å². The fourth-order valence-corrected chi connectivity index (χ4v) is 2.10. The van der Waals surface area contributed by atoms with Crippen molar-refractivity contribution >= 4 is 17.2 Å². The predicted octanol–water partition coefficient (Wildman–Crippen LogP) is 2.56. The zero-order valence-electron chi connectivity index (χ0n) is 11.4. The van der Waals surface area contributed by atoms with E-state index in [2.05, 4.69) is 5.10 Å². The van der Waals surface area contributed by atoms with Crippen LogP contribution in [0.5, 0.6) is 5.75 Å². The predicted molar refractivity (Wildman–Crippen MR) is 79.3 cm³/mol. The molecule has 0 amide bonds. The maximum atomic E-state index is 13.7. The molecule has 0 bridgehead atoms. The molecule has 106 valence electrons. The lowest BCUT2D eigenvalue weighted by atomic mass is 10.2. The molecule has 0 aliphatic rings. The van der Waals surface area contributed by atoms with Crippen LogP contribution in [0.15, 0.2) is 24.3 Å². The van der Waals surface area contributed by atoms with Gasteiger partial charge in [-0.2, -0.15) is 5.10 Å². The molecule has 6 heteroatoms. The van der Waals surface area contributed by atoms with E-state index in [1.54, 1.807) is 6.07 Å². The van der Waals surface area contributed by atoms with Crippen molar-refractivity contribution in [3.05, 3.63) is 47.0 Å². The Morgan fingerprint density at radius 2 is 2.20 bits per heavy atom. The maximum absolute atomic E-state index is 13.7. The quantitative estimate of drug-likeness (QED) is 0.861. The maximum Gasteiger partial charge on any atom is 0.137 e. The van der Waals surface area contributed by atoms with Gasteiger partial charge in [0.2, 0.25) is 0 Å². The van der Waals surface area contributed by atoms with Crippen LogP contribution in [-0.4, -0.2) is 14.8 Å². The van der Waals surface area contributed by atoms with Crippen molar-refractivity contribution in [3.8, 4) is 5.75 Å². The van der Waals surface area contributed by atoms with Crippen molar-refractivity contribution in [1.82, 2.24) is 9.78 Å². The number of aryl methyl sites for hydroxylation is 2. The summed E-state index contributed by atoms with van der Waals surface area (Å²) in [5.74, 6) is -0.0424. The molecule has 2 aromatic rings. The molecule has 20 heavy (non-hydrogen) atoms. The Kier molecular flexibility index (Phi) is 4.34. The highest BCUT2D eigenvalue weighted by molar-refractivity contribution is 7.80. The van der Waals surface area contributed by atoms with Crippen LogP contribution in [-0.2, 0) is 13.2 Å². The van der Waals surface area contributed by atoms with Gasteiger partial charge < -0.3 is 10.5 Å². The number of ether oxygens (including phenoxy) is 1. The minimum atomic E-state index is -0.477. The highest BCUT2D eigenvalue weighted by Crippen LogP contribution is 2.18. The molecule has 0 fully saturated rings. The summed E-state index contributed by atoms with van der Waals surface area (Å²) in [6.45, 7) is 5.03. The Balaban J connectivity index is 2.11. The summed E-state index contributed by atoms with van der Waals surface area (Å²) in [5, 5.41) is 4.33. The van der Waals surface area contributed by atoms with Crippen molar-refractivity contribution in [2.75, 3.05) is 0 Å². The van der Waals surface area contributed by atoms with E-state index < -0.39 is 5.82 Å². The van der Waals surface area contributed by atoms with Crippen molar-refractivity contribution in [3.63, 3.8) is 0 Å². The molecule has 0 spiro atoms. The SMILES string of the molecule is CCn1nc(C)cc1COc1ccc(C(N)=S)c(F)c1. The highest BCUT2D eigenvalue weighted by Gasteiger charge is 2.08. The van der Waals surface area contributed by atoms with Crippen molar-refractivity contribution in [2.24, 2.45) is 5.73 Å². The fraction of sp³-hybridized carbons (Fsp3) is 0.286. The van der Waals surface area contributed by atoms with Crippen LogP contribution < -0.4 is 10.5 Å². The third-order valence-electron chi connectivity index (χ3n) is 2.88. The van der Waals surface area contributed by atoms with Crippen LogP contribution in [0.1, 0.15) is 23.9 Å². The largest absolute Gasteiger partial charge is 0.487 e. The minimum absolute atomic E-state index is 0.0359. The van der Waals surface area contributed by atoms with Gasteiger partial charge >= 0.3 is 0 Å². The first-order chi connectivity index (χ1) is 9.51. The zero-order chi connectivity index (χ0) is 14.7. The highest BCUT2D eigenvalue weighted by atomic mass is 32.1. The number of aromatic nitrogens is 2. The Bertz CT molecular complexity index is 639. The van der Waals surface area contributed by atoms with Crippen LogP contribution in [0.4, 0.5) is 4.39 Å². The summed E-state index contributed by atoms with van der Waals surface area (Å²) in [4.78, 5) is 0.0359. The number of rotatable bonds is 5. The third-order valence-corrected chi connectivity index (χ3v) is 3.10. The minimum Gasteiger partial charge on any atom is -0.487 e. The third kappa shape index (κ3) is 3.14. The van der Waals surface area contributed by atoms with Crippen LogP contribution in [0, 0.1) is 12.7 Å². The molecule has 1 aromatic carbocycles. The number of halogens is 1. The Morgan fingerprint density at radius 1 is 1.45 bits per heavy atom. The van der Waals surface area contributed by atoms with Gasteiger partial charge in [0.15, 0.2) is 0 Å². The number of nitrogens with zero attached hydrogens (tertiary/aromatic N) is 2. The molecule has 4 nitrogen and oxygen atoms in total. The van der Waals surface area contributed by atoms with Crippen molar-refractivity contribution < 1.29 is 9.13 Å². The van der Waals surface area contributed by atoms with Gasteiger partial charge in [-0.15, -0.1) is 0 Å². The zero-order valence-corrected chi connectivity index (χ0v) is 12.2. The topological polar surface area (TPSA) is 53.1 Å². The second-order valence-corrected chi connectivity index (χ2v) is 4.83. The van der Waals surface area contributed by atoms with Crippen LogP contribution in [0.25, 0.3) is 0 Å². The van der Waals surface area contributed by atoms with E-state index in [9.17, 15) is 4.39 Å². The van der Waals surface area contributed by atoms with Crippen molar-refractivity contribution in [1.29, 1.82) is 0 Å². The normalized spacial score (nSPS) is 10.6. The van der Waals surface area contributed by atoms with Crippen LogP contribution >= 0.6 is 12.2 Å². The molecular formula is C14H16FN3OS. The molecule has 0 unspecified atom stereocenters. The number of hydrogen-bond donors (Lipinski definition) is 1. The molecule has 0 atom stereocenters. The van der Waals surface area contributed by atoms with Crippen molar-refractivity contribution in [2.45, 2.75) is 27.0 Å². The van der Waals surface area contributed by atoms with E-state index in [1.165, 1.54) is 12.1 Å². The summed E-state index contributed by atoms with van der Waals surface area (Å²) in [6, 6.07) is 6.41. The van der Waals surface area contributed by atoms with Crippen LogP contribution in [0.3, 0.4) is 0 Å². The second kappa shape index (κ2) is 6.00. The molecule has 0 saturated carbocycles. The number of thiocarbonyl (C=S) groups is 1. The molecule has 0 aliphatic carbocycles. The van der Waals surface area contributed by atoms with E-state index in [0.717, 1.165) is 17.9 Å². The Hall–Kier alpha value is -1.95. The summed E-state index contributed by atoms with van der Waals surface area (Å²) in [6.07, 6.45) is 0. The van der Waals surface area contributed by atoms with Gasteiger partial charge in [-0.25, -0.2) is 4.39 Å². The molecule has 2 N–H and O–H groups in total. The Morgan fingerprint density at radius 3 is 2.80 bits per heavy atom. The molecular weight excluding hydrogens is 277 g/mol. The fourth-order valence-electron chi connectivity index (χ4n) is 1.93. The lowest BCUT2D eigenvalue weighted by Gasteiger charge is -2.09. The molecule has 1 heterocycles. The lowest BCUT2D eigenvalue weighted by Crippen LogP contribution is -2.11. The van der Waals surface area contributed by atoms with E-state index in [1.807, 2.05) is 24.6 Å². The van der Waals surface area contributed by atoms with E-state index in [0.29, 0.717) is 12.4 Å². The molecule has 0 aliphatic heterocycles. The first-order valence-corrected chi connectivity index (χ1v) is 6.67. The van der Waals surface area contributed by atoms with E-state index in [-0.39, 0.29) is 10.6 Å². The average Bonchev–Trinajstić information content (AvgIpc) is 2.76. The first-order valence-electron chi connectivity index (χ1n) is 6.26. The molecule has 0 radical (unpaired) electrons. The van der Waals surface area contributed by atoms with Gasteiger partial charge in [-0.3, -0.25) is 4.68 Å². The number of benzene rings is 1. The molecule has 0 saturated heterocycles. The Labute approximate surface area is 122 Å². The first kappa shape index (κ1) is 14.5. The second-order valence-electron chi connectivity index (χ2n) is 4.39. The smallest absolute Gasteiger partial charge is 0.137 e. The van der Waals surface area contributed by atoms with Gasteiger partial charge in [0.25, 0.3) is 0 Å². The van der Waals surface area contributed by atoms with Gasteiger partial charge in [-0.1, -0.05) is 12.2 Å². The van der Waals surface area contributed by atoms with Gasteiger partial charge in [0, 0.05) is 18.2 Å². The van der Waals surface area contributed by atoms with E-state index in [4.69, 9.17) is 22.7 Å². The summed E-state index contributed by atoms with van der Waals surface area (Å²) in [5.41, 5.74) is 7.51. The monoisotopic (exact) mass is 293 g/mol. The lowest BCUT2D eigenvalue weighted by molar-refractivity contribution is 0.291.